The largest absolute Gasteiger partial charge is 0.347 e. The van der Waals surface area contributed by atoms with E-state index in [1.165, 1.54) is 0 Å². The van der Waals surface area contributed by atoms with E-state index >= 15 is 0 Å². The van der Waals surface area contributed by atoms with Gasteiger partial charge >= 0.3 is 0 Å². The van der Waals surface area contributed by atoms with Gasteiger partial charge in [0.15, 0.2) is 0 Å². The Balaban J connectivity index is 2.93. The van der Waals surface area contributed by atoms with Crippen LogP contribution in [0.1, 0.15) is 49.3 Å². The fraction of sp³-hybridized carbons (Fsp3) is 0.538. The van der Waals surface area contributed by atoms with E-state index in [9.17, 15) is 4.79 Å². The number of aryl methyl sites for hydroxylation is 2. The first kappa shape index (κ1) is 12.7. The maximum atomic E-state index is 11.9. The molecule has 0 bridgehead atoms. The smallest absolute Gasteiger partial charge is 0.253 e. The molecule has 0 fully saturated rings. The molecule has 1 aromatic heterocycles. The molecule has 3 nitrogen and oxygen atoms in total. The molecular weight excluding hydrogens is 200 g/mol. The molecule has 0 saturated heterocycles. The summed E-state index contributed by atoms with van der Waals surface area (Å²) in [7, 11) is 0. The van der Waals surface area contributed by atoms with Crippen LogP contribution in [0.3, 0.4) is 0 Å². The van der Waals surface area contributed by atoms with Crippen LogP contribution in [0, 0.1) is 6.92 Å². The van der Waals surface area contributed by atoms with Crippen LogP contribution < -0.4 is 5.32 Å². The van der Waals surface area contributed by atoms with E-state index in [0.717, 1.165) is 17.7 Å². The Morgan fingerprint density at radius 1 is 1.44 bits per heavy atom. The molecule has 0 saturated carbocycles. The Labute approximate surface area is 97.3 Å². The van der Waals surface area contributed by atoms with Gasteiger partial charge < -0.3 is 5.32 Å². The molecule has 0 unspecified atom stereocenters. The Kier molecular flexibility index (Phi) is 3.68. The van der Waals surface area contributed by atoms with Crippen LogP contribution in [0.15, 0.2) is 12.3 Å². The van der Waals surface area contributed by atoms with Gasteiger partial charge in [-0.2, -0.15) is 0 Å². The number of amides is 1. The highest BCUT2D eigenvalue weighted by Crippen LogP contribution is 2.10. The average molecular weight is 220 g/mol. The van der Waals surface area contributed by atoms with Crippen LogP contribution in [0.4, 0.5) is 0 Å². The topological polar surface area (TPSA) is 42.0 Å². The second-order valence-electron chi connectivity index (χ2n) is 5.05. The number of aromatic nitrogens is 1. The number of carbonyl (C=O) groups excluding carboxylic acids is 1. The summed E-state index contributed by atoms with van der Waals surface area (Å²) >= 11 is 0. The lowest BCUT2D eigenvalue weighted by Crippen LogP contribution is -2.40. The molecule has 0 aromatic carbocycles. The van der Waals surface area contributed by atoms with E-state index in [1.54, 1.807) is 6.20 Å². The van der Waals surface area contributed by atoms with Crippen molar-refractivity contribution in [2.24, 2.45) is 0 Å². The highest BCUT2D eigenvalue weighted by Gasteiger charge is 2.17. The minimum Gasteiger partial charge on any atom is -0.347 e. The van der Waals surface area contributed by atoms with Gasteiger partial charge in [0, 0.05) is 17.4 Å². The Hall–Kier alpha value is -1.38. The van der Waals surface area contributed by atoms with E-state index in [0.29, 0.717) is 5.56 Å². The fourth-order valence-corrected chi connectivity index (χ4v) is 1.45. The molecule has 0 aliphatic carbocycles. The number of hydrogen-bond acceptors (Lipinski definition) is 2. The molecule has 0 radical (unpaired) electrons. The monoisotopic (exact) mass is 220 g/mol. The van der Waals surface area contributed by atoms with Gasteiger partial charge in [0.1, 0.15) is 0 Å². The van der Waals surface area contributed by atoms with Crippen molar-refractivity contribution in [3.05, 3.63) is 29.1 Å². The molecule has 0 aliphatic heterocycles. The summed E-state index contributed by atoms with van der Waals surface area (Å²) in [5, 5.41) is 2.93. The van der Waals surface area contributed by atoms with Crippen molar-refractivity contribution >= 4 is 5.91 Å². The zero-order valence-electron chi connectivity index (χ0n) is 10.7. The van der Waals surface area contributed by atoms with Crippen molar-refractivity contribution < 1.29 is 4.79 Å². The predicted octanol–water partition coefficient (Wildman–Crippen LogP) is 2.48. The van der Waals surface area contributed by atoms with E-state index in [2.05, 4.69) is 17.2 Å². The molecule has 1 heterocycles. The zero-order valence-corrected chi connectivity index (χ0v) is 10.7. The van der Waals surface area contributed by atoms with Gasteiger partial charge in [-0.3, -0.25) is 9.78 Å². The summed E-state index contributed by atoms with van der Waals surface area (Å²) in [6.07, 6.45) is 2.55. The lowest BCUT2D eigenvalue weighted by Gasteiger charge is -2.21. The van der Waals surface area contributed by atoms with Crippen LogP contribution in [-0.2, 0) is 6.42 Å². The SMILES string of the molecule is CCc1cc(C)c(C(=O)NC(C)(C)C)cn1. The van der Waals surface area contributed by atoms with E-state index in [1.807, 2.05) is 33.8 Å². The standard InChI is InChI=1S/C13H20N2O/c1-6-10-7-9(2)11(8-14-10)12(16)15-13(3,4)5/h7-8H,6H2,1-5H3,(H,15,16). The molecule has 1 N–H and O–H groups in total. The van der Waals surface area contributed by atoms with Crippen molar-refractivity contribution in [1.82, 2.24) is 10.3 Å². The summed E-state index contributed by atoms with van der Waals surface area (Å²) < 4.78 is 0. The minimum atomic E-state index is -0.215. The highest BCUT2D eigenvalue weighted by molar-refractivity contribution is 5.95. The number of hydrogen-bond donors (Lipinski definition) is 1. The predicted molar refractivity (Wildman–Crippen MR) is 65.6 cm³/mol. The maximum absolute atomic E-state index is 11.9. The molecule has 0 atom stereocenters. The molecule has 1 rings (SSSR count). The maximum Gasteiger partial charge on any atom is 0.253 e. The summed E-state index contributed by atoms with van der Waals surface area (Å²) in [6, 6.07) is 1.97. The first-order chi connectivity index (χ1) is 7.33. The van der Waals surface area contributed by atoms with E-state index in [4.69, 9.17) is 0 Å². The third kappa shape index (κ3) is 3.33. The fourth-order valence-electron chi connectivity index (χ4n) is 1.45. The molecule has 1 amide bonds. The average Bonchev–Trinajstić information content (AvgIpc) is 2.14. The van der Waals surface area contributed by atoms with Crippen molar-refractivity contribution in [2.45, 2.75) is 46.6 Å². The molecular formula is C13H20N2O. The third-order valence-electron chi connectivity index (χ3n) is 2.26. The molecule has 16 heavy (non-hydrogen) atoms. The van der Waals surface area contributed by atoms with Crippen LogP contribution in [0.5, 0.6) is 0 Å². The molecule has 0 aliphatic rings. The van der Waals surface area contributed by atoms with Gasteiger partial charge in [-0.15, -0.1) is 0 Å². The van der Waals surface area contributed by atoms with Gasteiger partial charge in [-0.05, 0) is 45.7 Å². The van der Waals surface area contributed by atoms with E-state index < -0.39 is 0 Å². The third-order valence-corrected chi connectivity index (χ3v) is 2.26. The van der Waals surface area contributed by atoms with Crippen LogP contribution in [0.25, 0.3) is 0 Å². The second kappa shape index (κ2) is 4.64. The Bertz CT molecular complexity index is 391. The number of carbonyl (C=O) groups is 1. The summed E-state index contributed by atoms with van der Waals surface area (Å²) in [4.78, 5) is 16.2. The molecule has 88 valence electrons. The van der Waals surface area contributed by atoms with Crippen LogP contribution in [0.2, 0.25) is 0 Å². The minimum absolute atomic E-state index is 0.0554. The summed E-state index contributed by atoms with van der Waals surface area (Å²) in [5.41, 5.74) is 2.44. The van der Waals surface area contributed by atoms with Crippen LogP contribution in [-0.4, -0.2) is 16.4 Å². The zero-order chi connectivity index (χ0) is 12.3. The summed E-state index contributed by atoms with van der Waals surface area (Å²) in [6.45, 7) is 9.89. The van der Waals surface area contributed by atoms with Crippen molar-refractivity contribution in [1.29, 1.82) is 0 Å². The van der Waals surface area contributed by atoms with Gasteiger partial charge in [0.25, 0.3) is 5.91 Å². The molecule has 3 heteroatoms. The molecule has 1 aromatic rings. The Morgan fingerprint density at radius 2 is 2.06 bits per heavy atom. The first-order valence-corrected chi connectivity index (χ1v) is 5.61. The number of rotatable bonds is 2. The number of pyridine rings is 1. The number of nitrogens with one attached hydrogen (secondary N) is 1. The van der Waals surface area contributed by atoms with Gasteiger partial charge in [-0.1, -0.05) is 6.92 Å². The van der Waals surface area contributed by atoms with Gasteiger partial charge in [0.05, 0.1) is 5.56 Å². The lowest BCUT2D eigenvalue weighted by molar-refractivity contribution is 0.0918. The lowest BCUT2D eigenvalue weighted by atomic mass is 10.1. The van der Waals surface area contributed by atoms with Gasteiger partial charge in [-0.25, -0.2) is 0 Å². The normalized spacial score (nSPS) is 11.3. The van der Waals surface area contributed by atoms with Crippen molar-refractivity contribution in [2.75, 3.05) is 0 Å². The summed E-state index contributed by atoms with van der Waals surface area (Å²) in [5.74, 6) is -0.0554. The second-order valence-corrected chi connectivity index (χ2v) is 5.05. The van der Waals surface area contributed by atoms with Crippen LogP contribution >= 0.6 is 0 Å². The quantitative estimate of drug-likeness (QED) is 0.832. The highest BCUT2D eigenvalue weighted by atomic mass is 16.1. The Morgan fingerprint density at radius 3 is 2.50 bits per heavy atom. The first-order valence-electron chi connectivity index (χ1n) is 5.61. The van der Waals surface area contributed by atoms with Crippen molar-refractivity contribution in [3.63, 3.8) is 0 Å². The van der Waals surface area contributed by atoms with Gasteiger partial charge in [0.2, 0.25) is 0 Å². The van der Waals surface area contributed by atoms with Crippen molar-refractivity contribution in [3.8, 4) is 0 Å². The number of nitrogens with zero attached hydrogens (tertiary/aromatic N) is 1. The van der Waals surface area contributed by atoms with E-state index in [-0.39, 0.29) is 11.4 Å². The molecule has 0 spiro atoms.